The van der Waals surface area contributed by atoms with Crippen molar-refractivity contribution < 1.29 is 9.90 Å². The molecule has 0 aliphatic heterocycles. The van der Waals surface area contributed by atoms with Crippen molar-refractivity contribution in [2.24, 2.45) is 0 Å². The number of pyridine rings is 1. The molecule has 0 spiro atoms. The highest BCUT2D eigenvalue weighted by atomic mass is 16.4. The van der Waals surface area contributed by atoms with Crippen molar-refractivity contribution in [1.82, 2.24) is 4.98 Å². The summed E-state index contributed by atoms with van der Waals surface area (Å²) in [5.41, 5.74) is 1.06. The zero-order chi connectivity index (χ0) is 12.7. The summed E-state index contributed by atoms with van der Waals surface area (Å²) in [6, 6.07) is 3.69. The van der Waals surface area contributed by atoms with Crippen LogP contribution in [0.25, 0.3) is 0 Å². The van der Waals surface area contributed by atoms with E-state index in [-0.39, 0.29) is 11.6 Å². The Labute approximate surface area is 103 Å². The Balaban J connectivity index is 2.62. The highest BCUT2D eigenvalue weighted by molar-refractivity contribution is 5.87. The molecule has 0 amide bonds. The smallest absolute Gasteiger partial charge is 0.354 e. The van der Waals surface area contributed by atoms with E-state index in [4.69, 9.17) is 5.11 Å². The predicted octanol–water partition coefficient (Wildman–Crippen LogP) is 3.85. The van der Waals surface area contributed by atoms with E-state index < -0.39 is 5.97 Å². The lowest BCUT2D eigenvalue weighted by molar-refractivity contribution is 0.0688. The fraction of sp³-hybridized carbons (Fsp3) is 0.571. The molecule has 3 nitrogen and oxygen atoms in total. The number of aromatic nitrogens is 1. The van der Waals surface area contributed by atoms with Gasteiger partial charge in [-0.2, -0.15) is 0 Å². The van der Waals surface area contributed by atoms with Crippen molar-refractivity contribution in [2.75, 3.05) is 0 Å². The summed E-state index contributed by atoms with van der Waals surface area (Å²) >= 11 is 0. The Morgan fingerprint density at radius 2 is 2.18 bits per heavy atom. The van der Waals surface area contributed by atoms with Crippen LogP contribution in [0.3, 0.4) is 0 Å². The van der Waals surface area contributed by atoms with Crippen molar-refractivity contribution in [3.8, 4) is 0 Å². The van der Waals surface area contributed by atoms with Gasteiger partial charge >= 0.3 is 5.97 Å². The zero-order valence-electron chi connectivity index (χ0n) is 10.6. The fourth-order valence-corrected chi connectivity index (χ4v) is 2.03. The lowest BCUT2D eigenvalue weighted by atomic mass is 9.93. The summed E-state index contributed by atoms with van der Waals surface area (Å²) in [6.07, 6.45) is 7.43. The van der Waals surface area contributed by atoms with Crippen molar-refractivity contribution in [3.63, 3.8) is 0 Å². The molecule has 0 bridgehead atoms. The van der Waals surface area contributed by atoms with E-state index in [0.29, 0.717) is 0 Å². The monoisotopic (exact) mass is 235 g/mol. The third-order valence-electron chi connectivity index (χ3n) is 3.06. The SMILES string of the molecule is CCCCCCC(C)c1cccnc1C(=O)O. The minimum Gasteiger partial charge on any atom is -0.477 e. The number of hydrogen-bond acceptors (Lipinski definition) is 2. The van der Waals surface area contributed by atoms with Gasteiger partial charge in [0.1, 0.15) is 0 Å². The Hall–Kier alpha value is -1.38. The number of unbranched alkanes of at least 4 members (excludes halogenated alkanes) is 3. The summed E-state index contributed by atoms with van der Waals surface area (Å²) in [4.78, 5) is 15.0. The van der Waals surface area contributed by atoms with Crippen molar-refractivity contribution >= 4 is 5.97 Å². The molecule has 1 heterocycles. The van der Waals surface area contributed by atoms with Crippen LogP contribution in [0.4, 0.5) is 0 Å². The highest BCUT2D eigenvalue weighted by Gasteiger charge is 2.15. The standard InChI is InChI=1S/C14H21NO2/c1-3-4-5-6-8-11(2)12-9-7-10-15-13(12)14(16)17/h7,9-11H,3-6,8H2,1-2H3,(H,16,17). The molecule has 3 heteroatoms. The zero-order valence-corrected chi connectivity index (χ0v) is 10.6. The molecule has 1 N–H and O–H groups in total. The van der Waals surface area contributed by atoms with Gasteiger partial charge in [0.25, 0.3) is 0 Å². The molecule has 1 aromatic heterocycles. The Morgan fingerprint density at radius 1 is 1.41 bits per heavy atom. The van der Waals surface area contributed by atoms with Crippen molar-refractivity contribution in [1.29, 1.82) is 0 Å². The van der Waals surface area contributed by atoms with Crippen LogP contribution in [0.15, 0.2) is 18.3 Å². The van der Waals surface area contributed by atoms with Crippen molar-refractivity contribution in [3.05, 3.63) is 29.6 Å². The molecule has 0 aromatic carbocycles. The van der Waals surface area contributed by atoms with Crippen LogP contribution >= 0.6 is 0 Å². The molecular weight excluding hydrogens is 214 g/mol. The van der Waals surface area contributed by atoms with Crippen LogP contribution in [0.5, 0.6) is 0 Å². The summed E-state index contributed by atoms with van der Waals surface area (Å²) < 4.78 is 0. The predicted molar refractivity (Wildman–Crippen MR) is 68.4 cm³/mol. The normalized spacial score (nSPS) is 12.4. The van der Waals surface area contributed by atoms with E-state index in [2.05, 4.69) is 18.8 Å². The van der Waals surface area contributed by atoms with E-state index in [9.17, 15) is 4.79 Å². The molecule has 0 fully saturated rings. The molecule has 1 unspecified atom stereocenters. The first-order valence-electron chi connectivity index (χ1n) is 6.35. The summed E-state index contributed by atoms with van der Waals surface area (Å²) in [7, 11) is 0. The third-order valence-corrected chi connectivity index (χ3v) is 3.06. The maximum absolute atomic E-state index is 11.0. The van der Waals surface area contributed by atoms with Gasteiger partial charge < -0.3 is 5.11 Å². The van der Waals surface area contributed by atoms with Gasteiger partial charge in [-0.25, -0.2) is 9.78 Å². The van der Waals surface area contributed by atoms with Crippen LogP contribution in [0, 0.1) is 0 Å². The van der Waals surface area contributed by atoms with Gasteiger partial charge in [0, 0.05) is 6.20 Å². The van der Waals surface area contributed by atoms with E-state index in [1.807, 2.05) is 12.1 Å². The van der Waals surface area contributed by atoms with Crippen LogP contribution in [-0.4, -0.2) is 16.1 Å². The van der Waals surface area contributed by atoms with Crippen LogP contribution in [0.1, 0.15) is 67.9 Å². The van der Waals surface area contributed by atoms with Gasteiger partial charge in [-0.05, 0) is 24.0 Å². The number of carboxylic acids is 1. The average molecular weight is 235 g/mol. The third kappa shape index (κ3) is 4.17. The molecule has 0 saturated carbocycles. The lowest BCUT2D eigenvalue weighted by Crippen LogP contribution is -2.08. The van der Waals surface area contributed by atoms with Gasteiger partial charge in [-0.1, -0.05) is 45.6 Å². The first-order valence-corrected chi connectivity index (χ1v) is 6.35. The molecule has 1 aromatic rings. The quantitative estimate of drug-likeness (QED) is 0.730. The van der Waals surface area contributed by atoms with Crippen LogP contribution in [0.2, 0.25) is 0 Å². The van der Waals surface area contributed by atoms with Gasteiger partial charge in [0.05, 0.1) is 0 Å². The number of rotatable bonds is 7. The van der Waals surface area contributed by atoms with Gasteiger partial charge in [0.15, 0.2) is 5.69 Å². The van der Waals surface area contributed by atoms with Gasteiger partial charge in [-0.3, -0.25) is 0 Å². The molecule has 1 rings (SSSR count). The van der Waals surface area contributed by atoms with Crippen LogP contribution in [-0.2, 0) is 0 Å². The number of hydrogen-bond donors (Lipinski definition) is 1. The molecule has 94 valence electrons. The first kappa shape index (κ1) is 13.7. The number of aromatic carboxylic acids is 1. The summed E-state index contributed by atoms with van der Waals surface area (Å²) in [5.74, 6) is -0.660. The number of carboxylic acid groups (broad SMARTS) is 1. The molecular formula is C14H21NO2. The first-order chi connectivity index (χ1) is 8.16. The molecule has 0 saturated heterocycles. The maximum atomic E-state index is 11.0. The van der Waals surface area contributed by atoms with Crippen molar-refractivity contribution in [2.45, 2.75) is 51.9 Å². The topological polar surface area (TPSA) is 50.2 Å². The van der Waals surface area contributed by atoms with Crippen LogP contribution < -0.4 is 0 Å². The van der Waals surface area contributed by atoms with Gasteiger partial charge in [0.2, 0.25) is 0 Å². The molecule has 0 radical (unpaired) electrons. The number of nitrogens with zero attached hydrogens (tertiary/aromatic N) is 1. The summed E-state index contributed by atoms with van der Waals surface area (Å²) in [6.45, 7) is 4.27. The Bertz CT molecular complexity index is 363. The number of carbonyl (C=O) groups is 1. The fourth-order valence-electron chi connectivity index (χ4n) is 2.03. The van der Waals surface area contributed by atoms with E-state index >= 15 is 0 Å². The second-order valence-corrected chi connectivity index (χ2v) is 4.50. The van der Waals surface area contributed by atoms with Gasteiger partial charge in [-0.15, -0.1) is 0 Å². The van der Waals surface area contributed by atoms with E-state index in [0.717, 1.165) is 18.4 Å². The second-order valence-electron chi connectivity index (χ2n) is 4.50. The highest BCUT2D eigenvalue weighted by Crippen LogP contribution is 2.24. The van der Waals surface area contributed by atoms with E-state index in [1.54, 1.807) is 0 Å². The average Bonchev–Trinajstić information content (AvgIpc) is 2.34. The molecule has 0 aliphatic rings. The lowest BCUT2D eigenvalue weighted by Gasteiger charge is -2.13. The molecule has 1 atom stereocenters. The Kier molecular flexibility index (Phi) is 5.67. The maximum Gasteiger partial charge on any atom is 0.354 e. The largest absolute Gasteiger partial charge is 0.477 e. The Morgan fingerprint density at radius 3 is 2.82 bits per heavy atom. The molecule has 17 heavy (non-hydrogen) atoms. The van der Waals surface area contributed by atoms with E-state index in [1.165, 1.54) is 25.5 Å². The minimum atomic E-state index is -0.930. The summed E-state index contributed by atoms with van der Waals surface area (Å²) in [5, 5.41) is 9.06. The second kappa shape index (κ2) is 7.05. The minimum absolute atomic E-state index is 0.204. The molecule has 0 aliphatic carbocycles.